The molecule has 1 N–H and O–H groups in total. The summed E-state index contributed by atoms with van der Waals surface area (Å²) in [6.07, 6.45) is 1.94. The second-order valence-corrected chi connectivity index (χ2v) is 6.14. The van der Waals surface area contributed by atoms with Crippen LogP contribution in [0.25, 0.3) is 0 Å². The second-order valence-electron chi connectivity index (χ2n) is 3.66. The van der Waals surface area contributed by atoms with Gasteiger partial charge in [-0.3, -0.25) is 0 Å². The van der Waals surface area contributed by atoms with E-state index in [0.717, 1.165) is 11.6 Å². The smallest absolute Gasteiger partial charge is 0.0897 e. The molecule has 0 saturated heterocycles. The number of aromatic nitrogens is 1. The quantitative estimate of drug-likeness (QED) is 0.852. The Labute approximate surface area is 113 Å². The van der Waals surface area contributed by atoms with Gasteiger partial charge in [0.15, 0.2) is 0 Å². The number of hydrogen-bond donors (Lipinski definition) is 1. The van der Waals surface area contributed by atoms with E-state index in [9.17, 15) is 0 Å². The van der Waals surface area contributed by atoms with E-state index in [4.69, 9.17) is 0 Å². The van der Waals surface area contributed by atoms with Gasteiger partial charge in [-0.25, -0.2) is 4.98 Å². The zero-order chi connectivity index (χ0) is 11.5. The Balaban J connectivity index is 2.02. The number of halogens is 1. The van der Waals surface area contributed by atoms with Gasteiger partial charge in [-0.1, -0.05) is 6.07 Å². The van der Waals surface area contributed by atoms with Crippen molar-refractivity contribution in [1.29, 1.82) is 0 Å². The number of anilines is 1. The third kappa shape index (κ3) is 2.95. The maximum Gasteiger partial charge on any atom is 0.0897 e. The fourth-order valence-corrected chi connectivity index (χ4v) is 2.63. The molecule has 0 spiro atoms. The van der Waals surface area contributed by atoms with E-state index in [1.165, 1.54) is 19.7 Å². The summed E-state index contributed by atoms with van der Waals surface area (Å²) in [6, 6.07) is 6.43. The van der Waals surface area contributed by atoms with E-state index in [0.29, 0.717) is 0 Å². The van der Waals surface area contributed by atoms with Gasteiger partial charge in [0.2, 0.25) is 0 Å². The van der Waals surface area contributed by atoms with Crippen molar-refractivity contribution in [3.8, 4) is 0 Å². The average Bonchev–Trinajstić information content (AvgIpc) is 2.66. The monoisotopic (exact) mass is 344 g/mol. The van der Waals surface area contributed by atoms with Crippen molar-refractivity contribution in [2.75, 3.05) is 5.32 Å². The molecule has 84 valence electrons. The molecule has 16 heavy (non-hydrogen) atoms. The molecule has 0 amide bonds. The molecule has 0 aliphatic rings. The predicted molar refractivity (Wildman–Crippen MR) is 78.1 cm³/mol. The van der Waals surface area contributed by atoms with Gasteiger partial charge in [0, 0.05) is 20.3 Å². The minimum absolute atomic E-state index is 0.852. The van der Waals surface area contributed by atoms with E-state index in [-0.39, 0.29) is 0 Å². The topological polar surface area (TPSA) is 24.9 Å². The Morgan fingerprint density at radius 1 is 1.38 bits per heavy atom. The molecule has 0 aliphatic carbocycles. The number of rotatable bonds is 3. The second kappa shape index (κ2) is 5.14. The van der Waals surface area contributed by atoms with E-state index < -0.39 is 0 Å². The Morgan fingerprint density at radius 2 is 2.19 bits per heavy atom. The lowest BCUT2D eigenvalue weighted by atomic mass is 10.2. The molecule has 0 radical (unpaired) electrons. The molecule has 1 heterocycles. The summed E-state index contributed by atoms with van der Waals surface area (Å²) in [7, 11) is 0. The third-order valence-corrected chi connectivity index (χ3v) is 4.38. The number of nitrogens with zero attached hydrogens (tertiary/aromatic N) is 1. The summed E-state index contributed by atoms with van der Waals surface area (Å²) in [5.41, 5.74) is 2.49. The first-order valence-electron chi connectivity index (χ1n) is 5.06. The third-order valence-electron chi connectivity index (χ3n) is 2.31. The number of aryl methyl sites for hydroxylation is 2. The van der Waals surface area contributed by atoms with Crippen LogP contribution in [-0.4, -0.2) is 4.98 Å². The fraction of sp³-hybridized carbons (Fsp3) is 0.250. The van der Waals surface area contributed by atoms with Crippen LogP contribution in [0.15, 0.2) is 24.4 Å². The fourth-order valence-electron chi connectivity index (χ4n) is 1.38. The molecule has 0 fully saturated rings. The molecular weight excluding hydrogens is 331 g/mol. The van der Waals surface area contributed by atoms with E-state index in [1.54, 1.807) is 11.3 Å². The minimum atomic E-state index is 0.852. The lowest BCUT2D eigenvalue weighted by Crippen LogP contribution is -1.97. The molecule has 4 heteroatoms. The van der Waals surface area contributed by atoms with Crippen molar-refractivity contribution in [2.24, 2.45) is 0 Å². The van der Waals surface area contributed by atoms with Crippen molar-refractivity contribution < 1.29 is 0 Å². The molecule has 0 saturated carbocycles. The Bertz CT molecular complexity index is 494. The molecule has 2 rings (SSSR count). The highest BCUT2D eigenvalue weighted by molar-refractivity contribution is 14.1. The molecule has 2 aromatic rings. The van der Waals surface area contributed by atoms with Crippen molar-refractivity contribution in [1.82, 2.24) is 4.98 Å². The van der Waals surface area contributed by atoms with Crippen LogP contribution in [0, 0.1) is 17.4 Å². The summed E-state index contributed by atoms with van der Waals surface area (Å²) in [4.78, 5) is 5.51. The lowest BCUT2D eigenvalue weighted by molar-refractivity contribution is 1.16. The van der Waals surface area contributed by atoms with Gasteiger partial charge in [0.25, 0.3) is 0 Å². The van der Waals surface area contributed by atoms with Crippen molar-refractivity contribution in [3.05, 3.63) is 43.4 Å². The van der Waals surface area contributed by atoms with Gasteiger partial charge >= 0.3 is 0 Å². The van der Waals surface area contributed by atoms with Gasteiger partial charge in [0.05, 0.1) is 11.6 Å². The van der Waals surface area contributed by atoms with Crippen LogP contribution < -0.4 is 5.32 Å². The number of hydrogen-bond acceptors (Lipinski definition) is 3. The first kappa shape index (κ1) is 11.9. The van der Waals surface area contributed by atoms with E-state index in [2.05, 4.69) is 58.0 Å². The normalized spacial score (nSPS) is 10.4. The van der Waals surface area contributed by atoms with Crippen LogP contribution in [-0.2, 0) is 6.54 Å². The molecule has 0 bridgehead atoms. The zero-order valence-electron chi connectivity index (χ0n) is 9.25. The van der Waals surface area contributed by atoms with Crippen molar-refractivity contribution in [2.45, 2.75) is 20.4 Å². The van der Waals surface area contributed by atoms with Crippen LogP contribution in [0.4, 0.5) is 5.69 Å². The molecule has 0 unspecified atom stereocenters. The molecule has 1 aromatic heterocycles. The zero-order valence-corrected chi connectivity index (χ0v) is 12.2. The lowest BCUT2D eigenvalue weighted by Gasteiger charge is -2.06. The summed E-state index contributed by atoms with van der Waals surface area (Å²) in [6.45, 7) is 5.01. The van der Waals surface area contributed by atoms with E-state index in [1.807, 2.05) is 13.1 Å². The summed E-state index contributed by atoms with van der Waals surface area (Å²) in [5, 5.41) is 4.53. The molecule has 2 nitrogen and oxygen atoms in total. The van der Waals surface area contributed by atoms with Crippen LogP contribution in [0.2, 0.25) is 0 Å². The number of benzene rings is 1. The standard InChI is InChI=1S/C12H13IN2S/c1-8-3-4-10(5-12(8)13)15-7-11-6-14-9(2)16-11/h3-6,15H,7H2,1-2H3. The summed E-state index contributed by atoms with van der Waals surface area (Å²) >= 11 is 4.10. The largest absolute Gasteiger partial charge is 0.380 e. The molecule has 1 aromatic carbocycles. The maximum atomic E-state index is 4.24. The van der Waals surface area contributed by atoms with Gasteiger partial charge in [-0.05, 0) is 54.1 Å². The highest BCUT2D eigenvalue weighted by Crippen LogP contribution is 2.19. The summed E-state index contributed by atoms with van der Waals surface area (Å²) < 4.78 is 1.29. The van der Waals surface area contributed by atoms with Crippen LogP contribution in [0.3, 0.4) is 0 Å². The van der Waals surface area contributed by atoms with Crippen molar-refractivity contribution >= 4 is 39.6 Å². The maximum absolute atomic E-state index is 4.24. The predicted octanol–water partition coefficient (Wildman–Crippen LogP) is 3.98. The first-order valence-corrected chi connectivity index (χ1v) is 6.96. The molecular formula is C12H13IN2S. The minimum Gasteiger partial charge on any atom is -0.380 e. The SMILES string of the molecule is Cc1ncc(CNc2ccc(C)c(I)c2)s1. The van der Waals surface area contributed by atoms with Gasteiger partial charge in [0.1, 0.15) is 0 Å². The van der Waals surface area contributed by atoms with Crippen LogP contribution in [0.1, 0.15) is 15.4 Å². The highest BCUT2D eigenvalue weighted by atomic mass is 127. The Morgan fingerprint density at radius 3 is 2.81 bits per heavy atom. The number of thiazole rings is 1. The Hall–Kier alpha value is -0.620. The number of nitrogens with one attached hydrogen (secondary N) is 1. The Kier molecular flexibility index (Phi) is 3.81. The van der Waals surface area contributed by atoms with Gasteiger partial charge in [-0.2, -0.15) is 0 Å². The van der Waals surface area contributed by atoms with Crippen LogP contribution >= 0.6 is 33.9 Å². The highest BCUT2D eigenvalue weighted by Gasteiger charge is 2.00. The average molecular weight is 344 g/mol. The van der Waals surface area contributed by atoms with Crippen molar-refractivity contribution in [3.63, 3.8) is 0 Å². The van der Waals surface area contributed by atoms with Crippen LogP contribution in [0.5, 0.6) is 0 Å². The van der Waals surface area contributed by atoms with Gasteiger partial charge in [-0.15, -0.1) is 11.3 Å². The van der Waals surface area contributed by atoms with Gasteiger partial charge < -0.3 is 5.32 Å². The summed E-state index contributed by atoms with van der Waals surface area (Å²) in [5.74, 6) is 0. The van der Waals surface area contributed by atoms with E-state index >= 15 is 0 Å². The molecule has 0 atom stereocenters. The first-order chi connectivity index (χ1) is 7.65. The molecule has 0 aliphatic heterocycles.